The minimum Gasteiger partial charge on any atom is -0.456 e. The normalized spacial score (nSPS) is 14.2. The van der Waals surface area contributed by atoms with E-state index >= 15 is 0 Å². The maximum Gasteiger partial charge on any atom is 0.159 e. The highest BCUT2D eigenvalue weighted by molar-refractivity contribution is 6.23. The van der Waals surface area contributed by atoms with Gasteiger partial charge in [0.2, 0.25) is 0 Å². The van der Waals surface area contributed by atoms with Crippen LogP contribution in [0.4, 0.5) is 0 Å². The molecule has 250 valence electrons. The molecular weight excluding hydrogens is 647 g/mol. The molecule has 0 saturated heterocycles. The Morgan fingerprint density at radius 1 is 0.415 bits per heavy atom. The topological polar surface area (TPSA) is 49.9 Å². The van der Waals surface area contributed by atoms with E-state index in [-0.39, 0.29) is 6.17 Å². The number of benzene rings is 8. The van der Waals surface area contributed by atoms with Gasteiger partial charge < -0.3 is 9.73 Å². The molecule has 53 heavy (non-hydrogen) atoms. The van der Waals surface area contributed by atoms with E-state index in [2.05, 4.69) is 169 Å². The lowest BCUT2D eigenvalue weighted by Crippen LogP contribution is -2.33. The molecule has 9 aromatic rings. The molecule has 0 amide bonds. The van der Waals surface area contributed by atoms with Gasteiger partial charge in [0, 0.05) is 21.9 Å². The van der Waals surface area contributed by atoms with Crippen LogP contribution in [0.3, 0.4) is 0 Å². The van der Waals surface area contributed by atoms with Crippen LogP contribution in [0.1, 0.15) is 22.9 Å². The predicted octanol–water partition coefficient (Wildman–Crippen LogP) is 12.2. The number of nitrogens with one attached hydrogen (secondary N) is 1. The van der Waals surface area contributed by atoms with E-state index < -0.39 is 0 Å². The molecule has 0 radical (unpaired) electrons. The zero-order valence-electron chi connectivity index (χ0n) is 28.8. The standard InChI is InChI=1S/C49H33N3O/c1-4-14-32(15-5-1)33-24-26-36(27-25-33)48-50-47(35-18-8-3-9-19-35)51-49(52-48)43-30-37(31-45-46(43)42-22-12-13-23-44(42)53-45)39-29-28-38(34-16-6-2-7-17-34)40-20-10-11-21-41(39)40/h1-31,47H,(H,50,51,52). The third kappa shape index (κ3) is 5.58. The van der Waals surface area contributed by atoms with E-state index in [9.17, 15) is 0 Å². The summed E-state index contributed by atoms with van der Waals surface area (Å²) in [5, 5.41) is 8.18. The summed E-state index contributed by atoms with van der Waals surface area (Å²) in [6, 6.07) is 65.7. The van der Waals surface area contributed by atoms with Crippen molar-refractivity contribution >= 4 is 44.4 Å². The molecule has 4 nitrogen and oxygen atoms in total. The Kier molecular flexibility index (Phi) is 7.51. The molecule has 4 heteroatoms. The molecule has 0 fully saturated rings. The first-order valence-electron chi connectivity index (χ1n) is 17.9. The smallest absolute Gasteiger partial charge is 0.159 e. The average Bonchev–Trinajstić information content (AvgIpc) is 3.62. The van der Waals surface area contributed by atoms with Crippen molar-refractivity contribution in [1.29, 1.82) is 0 Å². The molecule has 1 unspecified atom stereocenters. The van der Waals surface area contributed by atoms with Crippen LogP contribution in [0, 0.1) is 0 Å². The number of hydrogen-bond donors (Lipinski definition) is 1. The van der Waals surface area contributed by atoms with Gasteiger partial charge in [-0.1, -0.05) is 170 Å². The Balaban J connectivity index is 1.17. The van der Waals surface area contributed by atoms with Gasteiger partial charge in [-0.25, -0.2) is 9.98 Å². The highest BCUT2D eigenvalue weighted by atomic mass is 16.3. The number of furan rings is 1. The number of amidine groups is 2. The van der Waals surface area contributed by atoms with Gasteiger partial charge in [0.15, 0.2) is 5.84 Å². The van der Waals surface area contributed by atoms with Crippen molar-refractivity contribution in [2.75, 3.05) is 0 Å². The Hall–Kier alpha value is -7.04. The highest BCUT2D eigenvalue weighted by Gasteiger charge is 2.25. The molecule has 0 aliphatic carbocycles. The van der Waals surface area contributed by atoms with Gasteiger partial charge in [0.1, 0.15) is 23.2 Å². The van der Waals surface area contributed by atoms with Crippen molar-refractivity contribution in [2.24, 2.45) is 9.98 Å². The molecule has 8 aromatic carbocycles. The van der Waals surface area contributed by atoms with Crippen LogP contribution in [-0.2, 0) is 0 Å². The molecule has 0 bridgehead atoms. The Morgan fingerprint density at radius 3 is 1.66 bits per heavy atom. The van der Waals surface area contributed by atoms with Crippen molar-refractivity contribution in [2.45, 2.75) is 6.17 Å². The van der Waals surface area contributed by atoms with E-state index in [0.717, 1.165) is 61.2 Å². The number of rotatable bonds is 6. The number of aliphatic imine (C=N–C) groups is 2. The lowest BCUT2D eigenvalue weighted by Gasteiger charge is -2.24. The van der Waals surface area contributed by atoms with E-state index in [0.29, 0.717) is 5.84 Å². The van der Waals surface area contributed by atoms with Gasteiger partial charge >= 0.3 is 0 Å². The molecular formula is C49H33N3O. The summed E-state index contributed by atoms with van der Waals surface area (Å²) in [6.45, 7) is 0. The Labute approximate surface area is 307 Å². The van der Waals surface area contributed by atoms with Crippen LogP contribution in [0.5, 0.6) is 0 Å². The molecule has 1 aliphatic rings. The number of para-hydroxylation sites is 1. The lowest BCUT2D eigenvalue weighted by molar-refractivity contribution is 0.668. The van der Waals surface area contributed by atoms with Crippen LogP contribution in [0.15, 0.2) is 202 Å². The van der Waals surface area contributed by atoms with Crippen molar-refractivity contribution in [1.82, 2.24) is 5.32 Å². The zero-order chi connectivity index (χ0) is 35.1. The van der Waals surface area contributed by atoms with Crippen LogP contribution in [-0.4, -0.2) is 11.7 Å². The maximum absolute atomic E-state index is 6.62. The average molecular weight is 680 g/mol. The molecule has 2 heterocycles. The second-order valence-electron chi connectivity index (χ2n) is 13.4. The third-order valence-corrected chi connectivity index (χ3v) is 10.2. The first-order chi connectivity index (χ1) is 26.3. The third-order valence-electron chi connectivity index (χ3n) is 10.2. The van der Waals surface area contributed by atoms with Crippen LogP contribution in [0.25, 0.3) is 66.1 Å². The van der Waals surface area contributed by atoms with Gasteiger partial charge in [0.25, 0.3) is 0 Å². The van der Waals surface area contributed by atoms with Crippen LogP contribution >= 0.6 is 0 Å². The van der Waals surface area contributed by atoms with E-state index in [1.807, 2.05) is 24.3 Å². The summed E-state index contributed by atoms with van der Waals surface area (Å²) < 4.78 is 6.62. The van der Waals surface area contributed by atoms with Gasteiger partial charge in [-0.2, -0.15) is 0 Å². The first kappa shape index (κ1) is 30.8. The summed E-state index contributed by atoms with van der Waals surface area (Å²) in [4.78, 5) is 10.5. The second kappa shape index (κ2) is 12.9. The molecule has 1 atom stereocenters. The Bertz CT molecular complexity index is 2840. The number of nitrogens with zero attached hydrogens (tertiary/aromatic N) is 2. The van der Waals surface area contributed by atoms with Crippen molar-refractivity contribution < 1.29 is 4.42 Å². The minimum absolute atomic E-state index is 0.338. The van der Waals surface area contributed by atoms with Crippen molar-refractivity contribution in [3.05, 3.63) is 205 Å². The second-order valence-corrected chi connectivity index (χ2v) is 13.4. The quantitative estimate of drug-likeness (QED) is 0.190. The van der Waals surface area contributed by atoms with E-state index in [1.54, 1.807) is 0 Å². The molecule has 0 saturated carbocycles. The summed E-state index contributed by atoms with van der Waals surface area (Å²) in [6.07, 6.45) is -0.338. The van der Waals surface area contributed by atoms with Gasteiger partial charge in [-0.3, -0.25) is 0 Å². The Morgan fingerprint density at radius 2 is 0.962 bits per heavy atom. The molecule has 10 rings (SSSR count). The summed E-state index contributed by atoms with van der Waals surface area (Å²) in [7, 11) is 0. The number of hydrogen-bond acceptors (Lipinski definition) is 4. The lowest BCUT2D eigenvalue weighted by atomic mass is 9.90. The van der Waals surface area contributed by atoms with Crippen molar-refractivity contribution in [3.8, 4) is 33.4 Å². The summed E-state index contributed by atoms with van der Waals surface area (Å²) in [5.74, 6) is 1.43. The molecule has 1 aromatic heterocycles. The largest absolute Gasteiger partial charge is 0.456 e. The zero-order valence-corrected chi connectivity index (χ0v) is 28.8. The molecule has 1 aliphatic heterocycles. The number of fused-ring (bicyclic) bond motifs is 4. The van der Waals surface area contributed by atoms with Crippen molar-refractivity contribution in [3.63, 3.8) is 0 Å². The molecule has 0 spiro atoms. The van der Waals surface area contributed by atoms with Gasteiger partial charge in [-0.05, 0) is 67.9 Å². The van der Waals surface area contributed by atoms with Gasteiger partial charge in [0.05, 0.1) is 0 Å². The fourth-order valence-corrected chi connectivity index (χ4v) is 7.58. The molecule has 1 N–H and O–H groups in total. The fraction of sp³-hybridized carbons (Fsp3) is 0.0204. The minimum atomic E-state index is -0.338. The predicted molar refractivity (Wildman–Crippen MR) is 219 cm³/mol. The SMILES string of the molecule is c1ccc(-c2ccc(C3=NC(c4ccccc4)NC(c4cc(-c5ccc(-c6ccccc6)c6ccccc56)cc5oc6ccccc6c45)=N3)cc2)cc1. The monoisotopic (exact) mass is 679 g/mol. The van der Waals surface area contributed by atoms with Crippen LogP contribution in [0.2, 0.25) is 0 Å². The van der Waals surface area contributed by atoms with E-state index in [4.69, 9.17) is 14.4 Å². The first-order valence-corrected chi connectivity index (χ1v) is 17.9. The maximum atomic E-state index is 6.62. The summed E-state index contributed by atoms with van der Waals surface area (Å²) >= 11 is 0. The highest BCUT2D eigenvalue weighted by Crippen LogP contribution is 2.40. The fourth-order valence-electron chi connectivity index (χ4n) is 7.58. The van der Waals surface area contributed by atoms with E-state index in [1.165, 1.54) is 27.5 Å². The van der Waals surface area contributed by atoms with Gasteiger partial charge in [-0.15, -0.1) is 0 Å². The summed E-state index contributed by atoms with van der Waals surface area (Å²) in [5.41, 5.74) is 11.5. The van der Waals surface area contributed by atoms with Crippen LogP contribution < -0.4 is 5.32 Å².